The van der Waals surface area contributed by atoms with Crippen molar-refractivity contribution in [1.29, 1.82) is 0 Å². The fourth-order valence-corrected chi connectivity index (χ4v) is 3.37. The zero-order chi connectivity index (χ0) is 24.2. The summed E-state index contributed by atoms with van der Waals surface area (Å²) in [5, 5.41) is 0. The van der Waals surface area contributed by atoms with Crippen molar-refractivity contribution in [2.75, 3.05) is 19.7 Å². The van der Waals surface area contributed by atoms with Gasteiger partial charge in [0.2, 0.25) is 0 Å². The molecule has 1 saturated heterocycles. The van der Waals surface area contributed by atoms with Crippen LogP contribution in [0.1, 0.15) is 22.8 Å². The minimum atomic E-state index is -4.58. The Labute approximate surface area is 188 Å². The Morgan fingerprint density at radius 1 is 1.24 bits per heavy atom. The van der Waals surface area contributed by atoms with E-state index in [-0.39, 0.29) is 35.8 Å². The van der Waals surface area contributed by atoms with E-state index in [4.69, 9.17) is 10.5 Å². The molecule has 2 aromatic carbocycles. The molecule has 1 aliphatic heterocycles. The zero-order valence-corrected chi connectivity index (χ0v) is 17.8. The number of rotatable bonds is 5. The van der Waals surface area contributed by atoms with E-state index in [0.717, 1.165) is 4.90 Å². The normalized spacial score (nSPS) is 17.7. The lowest BCUT2D eigenvalue weighted by Gasteiger charge is -2.34. The summed E-state index contributed by atoms with van der Waals surface area (Å²) in [7, 11) is 0. The average Bonchev–Trinajstić information content (AvgIpc) is 2.79. The summed E-state index contributed by atoms with van der Waals surface area (Å²) in [6, 6.07) is 10.6. The molecule has 2 N–H and O–H groups in total. The lowest BCUT2D eigenvalue weighted by atomic mass is 9.97. The number of benzene rings is 2. The van der Waals surface area contributed by atoms with Crippen LogP contribution in [0.25, 0.3) is 16.8 Å². The van der Waals surface area contributed by atoms with Gasteiger partial charge in [-0.1, -0.05) is 24.3 Å². The smallest absolute Gasteiger partial charge is 0.387 e. The largest absolute Gasteiger partial charge is 0.416 e. The van der Waals surface area contributed by atoms with Gasteiger partial charge in [0.25, 0.3) is 5.91 Å². The first-order valence-corrected chi connectivity index (χ1v) is 9.95. The van der Waals surface area contributed by atoms with Gasteiger partial charge in [-0.3, -0.25) is 9.79 Å². The van der Waals surface area contributed by atoms with E-state index in [1.807, 2.05) is 0 Å². The Morgan fingerprint density at radius 3 is 2.61 bits per heavy atom. The van der Waals surface area contributed by atoms with Gasteiger partial charge in [-0.05, 0) is 43.0 Å². The summed E-state index contributed by atoms with van der Waals surface area (Å²) in [4.78, 5) is 21.8. The maximum atomic E-state index is 14.9. The number of amides is 1. The van der Waals surface area contributed by atoms with Crippen LogP contribution in [0.15, 0.2) is 58.6 Å². The quantitative estimate of drug-likeness (QED) is 0.409. The second kappa shape index (κ2) is 9.95. The van der Waals surface area contributed by atoms with Crippen LogP contribution in [0.5, 0.6) is 0 Å². The number of nitrogens with two attached hydrogens (primary N) is 1. The number of morpholine rings is 1. The van der Waals surface area contributed by atoms with Crippen molar-refractivity contribution < 1.29 is 27.1 Å². The summed E-state index contributed by atoms with van der Waals surface area (Å²) in [6.45, 7) is 4.17. The molecule has 1 heterocycles. The summed E-state index contributed by atoms with van der Waals surface area (Å²) in [6.07, 6.45) is -5.34. The van der Waals surface area contributed by atoms with E-state index in [1.54, 1.807) is 31.2 Å². The number of amidine groups is 1. The third-order valence-electron chi connectivity index (χ3n) is 4.99. The Kier molecular flexibility index (Phi) is 7.27. The number of hydrogen-bond donors (Lipinski definition) is 1. The lowest BCUT2D eigenvalue weighted by molar-refractivity contribution is -0.233. The number of nitrogens with zero attached hydrogens (tertiary/aromatic N) is 3. The molecule has 33 heavy (non-hydrogen) atoms. The van der Waals surface area contributed by atoms with Gasteiger partial charge in [0.15, 0.2) is 6.10 Å². The molecule has 0 aliphatic carbocycles. The van der Waals surface area contributed by atoms with Crippen LogP contribution >= 0.6 is 0 Å². The summed E-state index contributed by atoms with van der Waals surface area (Å²) < 4.78 is 58.9. The molecule has 6 nitrogen and oxygen atoms in total. The Bertz CT molecular complexity index is 1110. The van der Waals surface area contributed by atoms with Gasteiger partial charge in [-0.25, -0.2) is 9.38 Å². The van der Waals surface area contributed by atoms with Crippen molar-refractivity contribution in [1.82, 2.24) is 4.90 Å². The first-order valence-electron chi connectivity index (χ1n) is 9.95. The molecule has 0 radical (unpaired) electrons. The molecular formula is C23H22F4N4O2. The number of hydrogen-bond acceptors (Lipinski definition) is 4. The molecule has 1 atom stereocenters. The molecule has 10 heteroatoms. The molecule has 2 aromatic rings. The van der Waals surface area contributed by atoms with Crippen LogP contribution in [0.4, 0.5) is 17.6 Å². The van der Waals surface area contributed by atoms with Crippen molar-refractivity contribution in [3.8, 4) is 11.1 Å². The molecule has 0 aromatic heterocycles. The molecule has 0 spiro atoms. The van der Waals surface area contributed by atoms with Crippen LogP contribution in [-0.4, -0.2) is 55.3 Å². The van der Waals surface area contributed by atoms with Crippen molar-refractivity contribution in [2.24, 2.45) is 15.7 Å². The van der Waals surface area contributed by atoms with Gasteiger partial charge in [0, 0.05) is 17.7 Å². The number of alkyl halides is 3. The van der Waals surface area contributed by atoms with Gasteiger partial charge in [-0.2, -0.15) is 13.2 Å². The molecule has 1 fully saturated rings. The second-order valence-corrected chi connectivity index (χ2v) is 7.34. The lowest BCUT2D eigenvalue weighted by Crippen LogP contribution is -2.51. The van der Waals surface area contributed by atoms with Crippen LogP contribution < -0.4 is 5.73 Å². The molecule has 3 rings (SSSR count). The Morgan fingerprint density at radius 2 is 1.97 bits per heavy atom. The highest BCUT2D eigenvalue weighted by Crippen LogP contribution is 2.31. The second-order valence-electron chi connectivity index (χ2n) is 7.34. The van der Waals surface area contributed by atoms with E-state index in [0.29, 0.717) is 11.1 Å². The molecular weight excluding hydrogens is 440 g/mol. The van der Waals surface area contributed by atoms with E-state index in [1.165, 1.54) is 24.4 Å². The molecule has 1 amide bonds. The molecule has 0 bridgehead atoms. The SMILES string of the molecule is C=N/C(=C\N=C(C)N)c1ccc(-c2ccccc2C(=O)N2CCOC(C(F)(F)F)C2)cc1F. The zero-order valence-electron chi connectivity index (χ0n) is 17.8. The number of ether oxygens (including phenoxy) is 1. The number of carbonyl (C=O) groups excluding carboxylic acids is 1. The average molecular weight is 462 g/mol. The molecule has 0 saturated carbocycles. The highest BCUT2D eigenvalue weighted by molar-refractivity contribution is 6.01. The van der Waals surface area contributed by atoms with E-state index in [9.17, 15) is 22.4 Å². The third kappa shape index (κ3) is 5.64. The maximum absolute atomic E-state index is 14.9. The summed E-state index contributed by atoms with van der Waals surface area (Å²) in [5.74, 6) is -0.966. The van der Waals surface area contributed by atoms with Gasteiger partial charge in [-0.15, -0.1) is 0 Å². The van der Waals surface area contributed by atoms with Crippen molar-refractivity contribution >= 4 is 24.2 Å². The minimum absolute atomic E-state index is 0.0211. The predicted molar refractivity (Wildman–Crippen MR) is 118 cm³/mol. The van der Waals surface area contributed by atoms with E-state index in [2.05, 4.69) is 16.7 Å². The molecule has 1 unspecified atom stereocenters. The van der Waals surface area contributed by atoms with Gasteiger partial charge >= 0.3 is 6.18 Å². The fourth-order valence-electron chi connectivity index (χ4n) is 3.37. The Hall–Kier alpha value is -3.53. The topological polar surface area (TPSA) is 80.3 Å². The van der Waals surface area contributed by atoms with Gasteiger partial charge in [0.1, 0.15) is 5.82 Å². The fraction of sp³-hybridized carbons (Fsp3) is 0.261. The highest BCUT2D eigenvalue weighted by Gasteiger charge is 2.44. The minimum Gasteiger partial charge on any atom is -0.387 e. The first kappa shape index (κ1) is 24.1. The van der Waals surface area contributed by atoms with Gasteiger partial charge < -0.3 is 15.4 Å². The van der Waals surface area contributed by atoms with E-state index < -0.39 is 30.5 Å². The van der Waals surface area contributed by atoms with Crippen LogP contribution in [-0.2, 0) is 4.74 Å². The third-order valence-corrected chi connectivity index (χ3v) is 4.99. The summed E-state index contributed by atoms with van der Waals surface area (Å²) in [5.41, 5.74) is 6.71. The number of halogens is 4. The number of carbonyl (C=O) groups is 1. The van der Waals surface area contributed by atoms with Crippen molar-refractivity contribution in [3.63, 3.8) is 0 Å². The van der Waals surface area contributed by atoms with Crippen molar-refractivity contribution in [3.05, 3.63) is 65.6 Å². The first-order chi connectivity index (χ1) is 15.6. The number of aliphatic imine (C=N–C) groups is 2. The highest BCUT2D eigenvalue weighted by atomic mass is 19.4. The molecule has 174 valence electrons. The van der Waals surface area contributed by atoms with Crippen LogP contribution in [0.3, 0.4) is 0 Å². The van der Waals surface area contributed by atoms with Crippen LogP contribution in [0.2, 0.25) is 0 Å². The standard InChI is InChI=1S/C23H22F4N4O2/c1-14(28)30-12-20(29-2)18-8-7-15(11-19(18)24)16-5-3-4-6-17(16)22(32)31-9-10-33-21(13-31)23(25,26)27/h3-8,11-12,21H,2,9-10,13H2,1H3,(H2,28,30)/b20-12-. The monoisotopic (exact) mass is 462 g/mol. The predicted octanol–water partition coefficient (Wildman–Crippen LogP) is 4.27. The van der Waals surface area contributed by atoms with Gasteiger partial charge in [0.05, 0.1) is 30.9 Å². The maximum Gasteiger partial charge on any atom is 0.416 e. The van der Waals surface area contributed by atoms with Crippen molar-refractivity contribution in [2.45, 2.75) is 19.2 Å². The molecule has 1 aliphatic rings. The van der Waals surface area contributed by atoms with Crippen LogP contribution in [0, 0.1) is 5.82 Å². The summed E-state index contributed by atoms with van der Waals surface area (Å²) >= 11 is 0. The van der Waals surface area contributed by atoms with E-state index >= 15 is 0 Å². The Balaban J connectivity index is 1.94.